The predicted molar refractivity (Wildman–Crippen MR) is 46.2 cm³/mol. The van der Waals surface area contributed by atoms with Crippen LogP contribution in [0.25, 0.3) is 0 Å². The van der Waals surface area contributed by atoms with Crippen molar-refractivity contribution in [2.75, 3.05) is 25.1 Å². The van der Waals surface area contributed by atoms with Crippen molar-refractivity contribution in [2.24, 2.45) is 0 Å². The summed E-state index contributed by atoms with van der Waals surface area (Å²) in [5, 5.41) is 3.12. The SMILES string of the molecule is CCCCSCCNC. The van der Waals surface area contributed by atoms with Crippen LogP contribution < -0.4 is 5.32 Å². The van der Waals surface area contributed by atoms with Gasteiger partial charge in [-0.3, -0.25) is 0 Å². The zero-order valence-electron chi connectivity index (χ0n) is 6.44. The van der Waals surface area contributed by atoms with Crippen LogP contribution in [0.3, 0.4) is 0 Å². The van der Waals surface area contributed by atoms with Gasteiger partial charge in [0.2, 0.25) is 0 Å². The highest BCUT2D eigenvalue weighted by molar-refractivity contribution is 7.99. The topological polar surface area (TPSA) is 12.0 Å². The largest absolute Gasteiger partial charge is 0.319 e. The van der Waals surface area contributed by atoms with Gasteiger partial charge in [-0.05, 0) is 19.2 Å². The zero-order chi connectivity index (χ0) is 6.95. The van der Waals surface area contributed by atoms with Crippen LogP contribution in [0, 0.1) is 0 Å². The Hall–Kier alpha value is 0.310. The van der Waals surface area contributed by atoms with Gasteiger partial charge in [-0.25, -0.2) is 0 Å². The van der Waals surface area contributed by atoms with Gasteiger partial charge in [0.1, 0.15) is 0 Å². The van der Waals surface area contributed by atoms with Gasteiger partial charge in [-0.15, -0.1) is 0 Å². The first kappa shape index (κ1) is 9.31. The molecule has 9 heavy (non-hydrogen) atoms. The Morgan fingerprint density at radius 3 is 2.67 bits per heavy atom. The molecular weight excluding hydrogens is 130 g/mol. The van der Waals surface area contributed by atoms with Crippen molar-refractivity contribution in [2.45, 2.75) is 19.8 Å². The van der Waals surface area contributed by atoms with E-state index in [1.165, 1.54) is 24.3 Å². The molecule has 0 radical (unpaired) electrons. The lowest BCUT2D eigenvalue weighted by Gasteiger charge is -1.97. The Labute approximate surface area is 62.6 Å². The van der Waals surface area contributed by atoms with Gasteiger partial charge < -0.3 is 5.32 Å². The third kappa shape index (κ3) is 8.31. The molecule has 0 aliphatic rings. The fourth-order valence-corrected chi connectivity index (χ4v) is 1.57. The third-order valence-electron chi connectivity index (χ3n) is 1.14. The minimum absolute atomic E-state index is 1.15. The summed E-state index contributed by atoms with van der Waals surface area (Å²) in [5.74, 6) is 2.59. The monoisotopic (exact) mass is 147 g/mol. The molecular formula is C7H17NS. The van der Waals surface area contributed by atoms with Crippen molar-refractivity contribution in [3.63, 3.8) is 0 Å². The Kier molecular flexibility index (Phi) is 8.60. The summed E-state index contributed by atoms with van der Waals surface area (Å²) in [6, 6.07) is 0. The average Bonchev–Trinajstić information content (AvgIpc) is 1.89. The minimum Gasteiger partial charge on any atom is -0.319 e. The second kappa shape index (κ2) is 8.31. The molecule has 0 aliphatic carbocycles. The third-order valence-corrected chi connectivity index (χ3v) is 2.21. The maximum atomic E-state index is 3.12. The van der Waals surface area contributed by atoms with E-state index in [1.807, 2.05) is 18.8 Å². The highest BCUT2D eigenvalue weighted by Gasteiger charge is 1.85. The quantitative estimate of drug-likeness (QED) is 0.574. The lowest BCUT2D eigenvalue weighted by molar-refractivity contribution is 0.865. The number of thioether (sulfide) groups is 1. The second-order valence-corrected chi connectivity index (χ2v) is 3.29. The molecule has 0 aromatic rings. The summed E-state index contributed by atoms with van der Waals surface area (Å²) in [6.07, 6.45) is 2.70. The van der Waals surface area contributed by atoms with Gasteiger partial charge in [0.05, 0.1) is 0 Å². The van der Waals surface area contributed by atoms with Gasteiger partial charge in [0.15, 0.2) is 0 Å². The number of hydrogen-bond acceptors (Lipinski definition) is 2. The van der Waals surface area contributed by atoms with E-state index in [0.29, 0.717) is 0 Å². The van der Waals surface area contributed by atoms with Gasteiger partial charge in [-0.2, -0.15) is 11.8 Å². The van der Waals surface area contributed by atoms with Crippen molar-refractivity contribution < 1.29 is 0 Å². The van der Waals surface area contributed by atoms with E-state index >= 15 is 0 Å². The first-order chi connectivity index (χ1) is 4.41. The van der Waals surface area contributed by atoms with E-state index in [2.05, 4.69) is 12.2 Å². The van der Waals surface area contributed by atoms with E-state index in [1.54, 1.807) is 0 Å². The molecule has 0 unspecified atom stereocenters. The normalized spacial score (nSPS) is 10.0. The molecule has 0 aromatic heterocycles. The molecule has 2 heteroatoms. The fraction of sp³-hybridized carbons (Fsp3) is 1.00. The lowest BCUT2D eigenvalue weighted by Crippen LogP contribution is -2.09. The van der Waals surface area contributed by atoms with Crippen LogP contribution in [0.5, 0.6) is 0 Å². The lowest BCUT2D eigenvalue weighted by atomic mass is 10.4. The van der Waals surface area contributed by atoms with E-state index in [9.17, 15) is 0 Å². The van der Waals surface area contributed by atoms with Crippen molar-refractivity contribution >= 4 is 11.8 Å². The van der Waals surface area contributed by atoms with Crippen LogP contribution in [0.4, 0.5) is 0 Å². The number of nitrogens with one attached hydrogen (secondary N) is 1. The number of rotatable bonds is 6. The van der Waals surface area contributed by atoms with Crippen LogP contribution in [0.2, 0.25) is 0 Å². The molecule has 0 atom stereocenters. The van der Waals surface area contributed by atoms with E-state index < -0.39 is 0 Å². The standard InChI is InChI=1S/C7H17NS/c1-3-4-6-9-7-5-8-2/h8H,3-7H2,1-2H3. The van der Waals surface area contributed by atoms with Gasteiger partial charge in [-0.1, -0.05) is 13.3 Å². The molecule has 0 spiro atoms. The Bertz CT molecular complexity index is 42.2. The second-order valence-electron chi connectivity index (χ2n) is 2.07. The zero-order valence-corrected chi connectivity index (χ0v) is 7.26. The van der Waals surface area contributed by atoms with E-state index in [0.717, 1.165) is 6.54 Å². The molecule has 56 valence electrons. The number of hydrogen-bond donors (Lipinski definition) is 1. The fourth-order valence-electron chi connectivity index (χ4n) is 0.523. The molecule has 1 nitrogen and oxygen atoms in total. The van der Waals surface area contributed by atoms with Crippen LogP contribution >= 0.6 is 11.8 Å². The summed E-state index contributed by atoms with van der Waals surface area (Å²) in [5.41, 5.74) is 0. The summed E-state index contributed by atoms with van der Waals surface area (Å²) >= 11 is 2.04. The van der Waals surface area contributed by atoms with Crippen LogP contribution in [-0.2, 0) is 0 Å². The first-order valence-electron chi connectivity index (χ1n) is 3.64. The van der Waals surface area contributed by atoms with E-state index in [4.69, 9.17) is 0 Å². The summed E-state index contributed by atoms with van der Waals surface area (Å²) in [6.45, 7) is 3.38. The number of unbranched alkanes of at least 4 members (excludes halogenated alkanes) is 1. The van der Waals surface area contributed by atoms with E-state index in [-0.39, 0.29) is 0 Å². The summed E-state index contributed by atoms with van der Waals surface area (Å²) in [7, 11) is 2.00. The Morgan fingerprint density at radius 2 is 2.11 bits per heavy atom. The molecule has 0 bridgehead atoms. The highest BCUT2D eigenvalue weighted by atomic mass is 32.2. The van der Waals surface area contributed by atoms with Crippen molar-refractivity contribution in [3.05, 3.63) is 0 Å². The Morgan fingerprint density at radius 1 is 1.33 bits per heavy atom. The smallest absolute Gasteiger partial charge is 0.00579 e. The molecule has 0 aromatic carbocycles. The van der Waals surface area contributed by atoms with Gasteiger partial charge in [0.25, 0.3) is 0 Å². The molecule has 1 N–H and O–H groups in total. The molecule has 0 rings (SSSR count). The average molecular weight is 147 g/mol. The predicted octanol–water partition coefficient (Wildman–Crippen LogP) is 1.74. The molecule has 0 amide bonds. The maximum Gasteiger partial charge on any atom is 0.00579 e. The maximum absolute atomic E-state index is 3.12. The van der Waals surface area contributed by atoms with Crippen molar-refractivity contribution in [3.8, 4) is 0 Å². The van der Waals surface area contributed by atoms with Crippen molar-refractivity contribution in [1.29, 1.82) is 0 Å². The molecule has 0 heterocycles. The Balaban J connectivity index is 2.60. The van der Waals surface area contributed by atoms with Gasteiger partial charge in [0, 0.05) is 12.3 Å². The molecule has 0 saturated carbocycles. The summed E-state index contributed by atoms with van der Waals surface area (Å²) in [4.78, 5) is 0. The molecule has 0 aliphatic heterocycles. The van der Waals surface area contributed by atoms with Crippen molar-refractivity contribution in [1.82, 2.24) is 5.32 Å². The molecule has 0 saturated heterocycles. The first-order valence-corrected chi connectivity index (χ1v) is 4.79. The highest BCUT2D eigenvalue weighted by Crippen LogP contribution is 2.02. The minimum atomic E-state index is 1.15. The van der Waals surface area contributed by atoms with Gasteiger partial charge >= 0.3 is 0 Å². The summed E-state index contributed by atoms with van der Waals surface area (Å²) < 4.78 is 0. The van der Waals surface area contributed by atoms with Crippen LogP contribution in [0.15, 0.2) is 0 Å². The molecule has 0 fully saturated rings. The van der Waals surface area contributed by atoms with Crippen LogP contribution in [0.1, 0.15) is 19.8 Å². The van der Waals surface area contributed by atoms with Crippen LogP contribution in [-0.4, -0.2) is 25.1 Å².